The van der Waals surface area contributed by atoms with Crippen LogP contribution in [0.4, 0.5) is 5.69 Å². The molecule has 1 fully saturated rings. The Balaban J connectivity index is 0.00000225. The third kappa shape index (κ3) is 4.38. The molecule has 0 spiro atoms. The number of anilines is 1. The fraction of sp³-hybridized carbons (Fsp3) is 0.500. The normalized spacial score (nSPS) is 14.8. The van der Waals surface area contributed by atoms with Gasteiger partial charge in [-0.25, -0.2) is 4.68 Å². The maximum atomic E-state index is 12.6. The van der Waals surface area contributed by atoms with Gasteiger partial charge in [0.05, 0.1) is 11.7 Å². The van der Waals surface area contributed by atoms with E-state index in [2.05, 4.69) is 33.9 Å². The number of benzene rings is 1. The topological polar surface area (TPSA) is 71.8 Å². The monoisotopic (exact) mass is 363 g/mol. The molecule has 0 aliphatic carbocycles. The lowest BCUT2D eigenvalue weighted by molar-refractivity contribution is 0.102. The third-order valence-corrected chi connectivity index (χ3v) is 4.58. The van der Waals surface area contributed by atoms with Gasteiger partial charge in [0, 0.05) is 5.69 Å². The van der Waals surface area contributed by atoms with E-state index in [1.54, 1.807) is 0 Å². The summed E-state index contributed by atoms with van der Waals surface area (Å²) in [5.41, 5.74) is 3.27. The van der Waals surface area contributed by atoms with Crippen molar-refractivity contribution in [1.29, 1.82) is 0 Å². The van der Waals surface area contributed by atoms with Gasteiger partial charge in [-0.15, -0.1) is 17.5 Å². The molecule has 0 saturated carbocycles. The highest BCUT2D eigenvalue weighted by Gasteiger charge is 2.23. The van der Waals surface area contributed by atoms with Crippen LogP contribution in [0, 0.1) is 6.92 Å². The molecule has 6 nitrogen and oxygen atoms in total. The predicted molar refractivity (Wildman–Crippen MR) is 102 cm³/mol. The summed E-state index contributed by atoms with van der Waals surface area (Å²) < 4.78 is 1.91. The van der Waals surface area contributed by atoms with E-state index >= 15 is 0 Å². The zero-order valence-electron chi connectivity index (χ0n) is 14.8. The van der Waals surface area contributed by atoms with E-state index in [9.17, 15) is 4.79 Å². The first-order valence-electron chi connectivity index (χ1n) is 8.72. The van der Waals surface area contributed by atoms with Crippen LogP contribution < -0.4 is 10.6 Å². The number of hydrogen-bond acceptors (Lipinski definition) is 4. The summed E-state index contributed by atoms with van der Waals surface area (Å²) in [4.78, 5) is 12.6. The van der Waals surface area contributed by atoms with Crippen molar-refractivity contribution in [1.82, 2.24) is 20.3 Å². The molecule has 136 valence electrons. The molecule has 1 aromatic heterocycles. The molecular formula is C18H26ClN5O. The zero-order valence-corrected chi connectivity index (χ0v) is 15.6. The smallest absolute Gasteiger partial charge is 0.278 e. The number of carbonyl (C=O) groups excluding carboxylic acids is 1. The molecule has 0 atom stereocenters. The van der Waals surface area contributed by atoms with Crippen molar-refractivity contribution >= 4 is 24.0 Å². The van der Waals surface area contributed by atoms with Crippen LogP contribution in [0.15, 0.2) is 24.3 Å². The van der Waals surface area contributed by atoms with Crippen LogP contribution in [-0.2, 0) is 6.42 Å². The number of aromatic nitrogens is 3. The van der Waals surface area contributed by atoms with Crippen LogP contribution in [0.2, 0.25) is 0 Å². The second-order valence-corrected chi connectivity index (χ2v) is 6.31. The fourth-order valence-corrected chi connectivity index (χ4v) is 3.26. The van der Waals surface area contributed by atoms with Crippen molar-refractivity contribution in [2.45, 2.75) is 45.6 Å². The highest BCUT2D eigenvalue weighted by molar-refractivity contribution is 6.03. The van der Waals surface area contributed by atoms with Crippen molar-refractivity contribution in [2.24, 2.45) is 0 Å². The summed E-state index contributed by atoms with van der Waals surface area (Å²) in [7, 11) is 0. The van der Waals surface area contributed by atoms with Crippen LogP contribution in [0.1, 0.15) is 54.0 Å². The number of piperidine rings is 1. The number of aryl methyl sites for hydroxylation is 1. The second kappa shape index (κ2) is 8.97. The van der Waals surface area contributed by atoms with Gasteiger partial charge in [-0.2, -0.15) is 0 Å². The number of carbonyl (C=O) groups is 1. The van der Waals surface area contributed by atoms with E-state index in [-0.39, 0.29) is 18.3 Å². The molecule has 25 heavy (non-hydrogen) atoms. The van der Waals surface area contributed by atoms with Gasteiger partial charge in [0.25, 0.3) is 5.91 Å². The lowest BCUT2D eigenvalue weighted by atomic mass is 10.1. The number of amides is 1. The molecule has 2 heterocycles. The molecule has 2 N–H and O–H groups in total. The van der Waals surface area contributed by atoms with Gasteiger partial charge < -0.3 is 10.6 Å². The Morgan fingerprint density at radius 2 is 2.04 bits per heavy atom. The number of halogens is 1. The van der Waals surface area contributed by atoms with Crippen LogP contribution in [0.3, 0.4) is 0 Å². The number of para-hydroxylation sites is 1. The maximum Gasteiger partial charge on any atom is 0.278 e. The number of hydrogen-bond donors (Lipinski definition) is 2. The van der Waals surface area contributed by atoms with Crippen LogP contribution >= 0.6 is 12.4 Å². The Morgan fingerprint density at radius 1 is 1.32 bits per heavy atom. The standard InChI is InChI=1S/C18H25N5O.ClH/c1-3-6-14-7-4-5-8-16(14)20-18(24)17-13(2)23(22-21-17)15-9-11-19-12-10-15;/h4-5,7-8,15,19H,3,6,9-12H2,1-2H3,(H,20,24);1H. The van der Waals surface area contributed by atoms with Gasteiger partial charge in [-0.1, -0.05) is 36.8 Å². The summed E-state index contributed by atoms with van der Waals surface area (Å²) in [5, 5.41) is 14.7. The predicted octanol–water partition coefficient (Wildman–Crippen LogP) is 3.14. The molecule has 7 heteroatoms. The van der Waals surface area contributed by atoms with Crippen molar-refractivity contribution in [2.75, 3.05) is 18.4 Å². The lowest BCUT2D eigenvalue weighted by Gasteiger charge is -2.23. The average Bonchev–Trinajstić information content (AvgIpc) is 2.99. The minimum atomic E-state index is -0.184. The van der Waals surface area contributed by atoms with Crippen molar-refractivity contribution < 1.29 is 4.79 Å². The number of nitrogens with zero attached hydrogens (tertiary/aromatic N) is 3. The summed E-state index contributed by atoms with van der Waals surface area (Å²) in [6.45, 7) is 6.02. The van der Waals surface area contributed by atoms with E-state index in [1.165, 1.54) is 0 Å². The summed E-state index contributed by atoms with van der Waals surface area (Å²) >= 11 is 0. The van der Waals surface area contributed by atoms with E-state index < -0.39 is 0 Å². The van der Waals surface area contributed by atoms with Crippen molar-refractivity contribution in [3.8, 4) is 0 Å². The molecule has 1 aromatic carbocycles. The van der Waals surface area contributed by atoms with Crippen LogP contribution in [0.25, 0.3) is 0 Å². The van der Waals surface area contributed by atoms with Crippen molar-refractivity contribution in [3.63, 3.8) is 0 Å². The molecule has 1 aliphatic rings. The molecule has 0 bridgehead atoms. The van der Waals surface area contributed by atoms with E-state index in [1.807, 2.05) is 29.8 Å². The summed E-state index contributed by atoms with van der Waals surface area (Å²) in [6, 6.07) is 8.26. The number of rotatable bonds is 5. The molecule has 1 aliphatic heterocycles. The minimum Gasteiger partial charge on any atom is -0.320 e. The first-order chi connectivity index (χ1) is 11.7. The Labute approximate surface area is 154 Å². The Kier molecular flexibility index (Phi) is 6.96. The Bertz CT molecular complexity index is 709. The van der Waals surface area contributed by atoms with Gasteiger partial charge in [0.15, 0.2) is 5.69 Å². The van der Waals surface area contributed by atoms with Crippen LogP contribution in [-0.4, -0.2) is 34.0 Å². The minimum absolute atomic E-state index is 0. The molecular weight excluding hydrogens is 338 g/mol. The average molecular weight is 364 g/mol. The third-order valence-electron chi connectivity index (χ3n) is 4.58. The molecule has 1 saturated heterocycles. The molecule has 3 rings (SSSR count). The Hall–Kier alpha value is -1.92. The van der Waals surface area contributed by atoms with Crippen molar-refractivity contribution in [3.05, 3.63) is 41.2 Å². The fourth-order valence-electron chi connectivity index (χ4n) is 3.26. The molecule has 2 aromatic rings. The van der Waals surface area contributed by atoms with Gasteiger partial charge in [0.2, 0.25) is 0 Å². The van der Waals surface area contributed by atoms with E-state index in [4.69, 9.17) is 0 Å². The van der Waals surface area contributed by atoms with Gasteiger partial charge >= 0.3 is 0 Å². The second-order valence-electron chi connectivity index (χ2n) is 6.31. The van der Waals surface area contributed by atoms with Gasteiger partial charge in [-0.05, 0) is 50.9 Å². The summed E-state index contributed by atoms with van der Waals surface area (Å²) in [6.07, 6.45) is 4.02. The van der Waals surface area contributed by atoms with Gasteiger partial charge in [0.1, 0.15) is 0 Å². The van der Waals surface area contributed by atoms with Gasteiger partial charge in [-0.3, -0.25) is 4.79 Å². The quantitative estimate of drug-likeness (QED) is 0.856. The Morgan fingerprint density at radius 3 is 2.76 bits per heavy atom. The van der Waals surface area contributed by atoms with E-state index in [0.29, 0.717) is 11.7 Å². The molecule has 0 radical (unpaired) electrons. The lowest BCUT2D eigenvalue weighted by Crippen LogP contribution is -2.30. The maximum absolute atomic E-state index is 12.6. The highest BCUT2D eigenvalue weighted by atomic mass is 35.5. The van der Waals surface area contributed by atoms with E-state index in [0.717, 1.165) is 55.7 Å². The highest BCUT2D eigenvalue weighted by Crippen LogP contribution is 2.22. The molecule has 1 amide bonds. The number of nitrogens with one attached hydrogen (secondary N) is 2. The molecule has 0 unspecified atom stereocenters. The zero-order chi connectivity index (χ0) is 16.9. The largest absolute Gasteiger partial charge is 0.320 e. The first kappa shape index (κ1) is 19.4. The first-order valence-corrected chi connectivity index (χ1v) is 8.72. The summed E-state index contributed by atoms with van der Waals surface area (Å²) in [5.74, 6) is -0.184. The van der Waals surface area contributed by atoms with Crippen LogP contribution in [0.5, 0.6) is 0 Å². The SMILES string of the molecule is CCCc1ccccc1NC(=O)c1nnn(C2CCNCC2)c1C.Cl.